The number of benzene rings is 3. The number of halogens is 1. The first-order valence-electron chi connectivity index (χ1n) is 10.6. The maximum atomic E-state index is 6.32. The molecule has 0 fully saturated rings. The summed E-state index contributed by atoms with van der Waals surface area (Å²) in [4.78, 5) is 0. The summed E-state index contributed by atoms with van der Waals surface area (Å²) in [6.07, 6.45) is 3.25. The average Bonchev–Trinajstić information content (AvgIpc) is 3.00. The predicted octanol–water partition coefficient (Wildman–Crippen LogP) is 6.62. The van der Waals surface area contributed by atoms with Crippen molar-refractivity contribution in [3.05, 3.63) is 83.4 Å². The Morgan fingerprint density at radius 1 is 0.903 bits per heavy atom. The van der Waals surface area contributed by atoms with Crippen LogP contribution in [0, 0.1) is 0 Å². The molecule has 5 heteroatoms. The van der Waals surface area contributed by atoms with Gasteiger partial charge in [0.25, 0.3) is 0 Å². The number of fused-ring (bicyclic) bond motifs is 1. The first kappa shape index (κ1) is 19.7. The molecule has 1 N–H and O–H groups in total. The van der Waals surface area contributed by atoms with Crippen molar-refractivity contribution in [2.45, 2.75) is 19.3 Å². The van der Waals surface area contributed by atoms with E-state index in [0.29, 0.717) is 5.02 Å². The van der Waals surface area contributed by atoms with Gasteiger partial charge in [0.1, 0.15) is 17.3 Å². The molecular formula is C26H24ClN3O. The lowest BCUT2D eigenvalue weighted by atomic mass is 10.00. The fraction of sp³-hybridized carbons (Fsp3) is 0.192. The van der Waals surface area contributed by atoms with Crippen LogP contribution in [0.2, 0.25) is 5.02 Å². The monoisotopic (exact) mass is 429 g/mol. The van der Waals surface area contributed by atoms with Crippen LogP contribution in [0.4, 0.5) is 5.82 Å². The number of hydrogen-bond donors (Lipinski definition) is 1. The van der Waals surface area contributed by atoms with Crippen LogP contribution < -0.4 is 10.1 Å². The highest BCUT2D eigenvalue weighted by atomic mass is 35.5. The van der Waals surface area contributed by atoms with Gasteiger partial charge in [0, 0.05) is 22.7 Å². The summed E-state index contributed by atoms with van der Waals surface area (Å²) in [7, 11) is 1.67. The average molecular weight is 430 g/mol. The van der Waals surface area contributed by atoms with Gasteiger partial charge in [-0.05, 0) is 48.6 Å². The van der Waals surface area contributed by atoms with Crippen LogP contribution >= 0.6 is 11.6 Å². The van der Waals surface area contributed by atoms with Gasteiger partial charge < -0.3 is 10.1 Å². The van der Waals surface area contributed by atoms with Crippen molar-refractivity contribution in [1.29, 1.82) is 0 Å². The van der Waals surface area contributed by atoms with Crippen molar-refractivity contribution in [2.24, 2.45) is 0 Å². The van der Waals surface area contributed by atoms with E-state index in [1.807, 2.05) is 28.9 Å². The molecule has 156 valence electrons. The van der Waals surface area contributed by atoms with Crippen LogP contribution in [0.25, 0.3) is 28.1 Å². The lowest BCUT2D eigenvalue weighted by Crippen LogP contribution is -2.08. The van der Waals surface area contributed by atoms with E-state index in [0.717, 1.165) is 54.3 Å². The Balaban J connectivity index is 1.63. The van der Waals surface area contributed by atoms with Crippen molar-refractivity contribution in [3.8, 4) is 33.8 Å². The van der Waals surface area contributed by atoms with Crippen LogP contribution in [0.15, 0.2) is 72.8 Å². The molecule has 1 aliphatic rings. The van der Waals surface area contributed by atoms with Crippen molar-refractivity contribution >= 4 is 17.4 Å². The van der Waals surface area contributed by atoms with E-state index in [-0.39, 0.29) is 0 Å². The van der Waals surface area contributed by atoms with Gasteiger partial charge in [-0.2, -0.15) is 5.10 Å². The summed E-state index contributed by atoms with van der Waals surface area (Å²) in [5, 5.41) is 9.29. The fourth-order valence-corrected chi connectivity index (χ4v) is 4.35. The molecule has 0 unspecified atom stereocenters. The van der Waals surface area contributed by atoms with Gasteiger partial charge in [0.2, 0.25) is 0 Å². The van der Waals surface area contributed by atoms with Crippen molar-refractivity contribution < 1.29 is 4.74 Å². The second-order valence-corrected chi connectivity index (χ2v) is 8.17. The van der Waals surface area contributed by atoms with Crippen LogP contribution in [-0.2, 0) is 6.42 Å². The van der Waals surface area contributed by atoms with E-state index in [1.165, 1.54) is 16.7 Å². The predicted molar refractivity (Wildman–Crippen MR) is 127 cm³/mol. The Bertz CT molecular complexity index is 1200. The quantitative estimate of drug-likeness (QED) is 0.396. The lowest BCUT2D eigenvalue weighted by Gasteiger charge is -2.13. The summed E-state index contributed by atoms with van der Waals surface area (Å²) >= 11 is 6.32. The molecular weight excluding hydrogens is 406 g/mol. The van der Waals surface area contributed by atoms with Crippen molar-refractivity contribution in [1.82, 2.24) is 9.78 Å². The van der Waals surface area contributed by atoms with Crippen LogP contribution in [0.1, 0.15) is 18.4 Å². The Morgan fingerprint density at radius 3 is 2.42 bits per heavy atom. The number of ether oxygens (including phenoxy) is 1. The normalized spacial score (nSPS) is 13.2. The summed E-state index contributed by atoms with van der Waals surface area (Å²) in [6, 6.07) is 24.7. The Labute approximate surface area is 187 Å². The lowest BCUT2D eigenvalue weighted by molar-refractivity contribution is 0.412. The SMILES string of the molecule is COc1ccc(Cl)cc1-n1nc(-c2ccc(-c3ccccc3)cc2)c2c1NCCCC2. The van der Waals surface area contributed by atoms with E-state index in [9.17, 15) is 0 Å². The maximum absolute atomic E-state index is 6.32. The Kier molecular flexibility index (Phi) is 5.39. The minimum Gasteiger partial charge on any atom is -0.494 e. The highest BCUT2D eigenvalue weighted by molar-refractivity contribution is 6.30. The van der Waals surface area contributed by atoms with Crippen LogP contribution in [0.5, 0.6) is 5.75 Å². The number of hydrogen-bond acceptors (Lipinski definition) is 3. The summed E-state index contributed by atoms with van der Waals surface area (Å²) in [6.45, 7) is 0.925. The Hall–Kier alpha value is -3.24. The van der Waals surface area contributed by atoms with Gasteiger partial charge in [-0.25, -0.2) is 4.68 Å². The first-order valence-corrected chi connectivity index (χ1v) is 11.0. The van der Waals surface area contributed by atoms with Crippen LogP contribution in [-0.4, -0.2) is 23.4 Å². The molecule has 0 bridgehead atoms. The van der Waals surface area contributed by atoms with E-state index in [1.54, 1.807) is 7.11 Å². The van der Waals surface area contributed by atoms with Gasteiger partial charge in [-0.3, -0.25) is 0 Å². The second-order valence-electron chi connectivity index (χ2n) is 7.73. The summed E-state index contributed by atoms with van der Waals surface area (Å²) in [5.41, 5.74) is 6.61. The molecule has 3 aromatic carbocycles. The molecule has 0 saturated carbocycles. The molecule has 1 aromatic heterocycles. The molecule has 4 nitrogen and oxygen atoms in total. The first-order chi connectivity index (χ1) is 15.2. The van der Waals surface area contributed by atoms with E-state index >= 15 is 0 Å². The van der Waals surface area contributed by atoms with Gasteiger partial charge in [0.15, 0.2) is 0 Å². The maximum Gasteiger partial charge on any atom is 0.144 e. The van der Waals surface area contributed by atoms with Gasteiger partial charge in [0.05, 0.1) is 12.8 Å². The zero-order chi connectivity index (χ0) is 21.2. The standard InChI is InChI=1S/C26H24ClN3O/c1-31-24-15-14-21(27)17-23(24)30-26-22(9-5-6-16-28-26)25(29-30)20-12-10-19(11-13-20)18-7-3-2-4-8-18/h2-4,7-8,10-15,17,28H,5-6,9,16H2,1H3. The topological polar surface area (TPSA) is 39.1 Å². The number of nitrogens with one attached hydrogen (secondary N) is 1. The number of nitrogens with zero attached hydrogens (tertiary/aromatic N) is 2. The van der Waals surface area contributed by atoms with E-state index < -0.39 is 0 Å². The van der Waals surface area contributed by atoms with E-state index in [2.05, 4.69) is 53.8 Å². The summed E-state index contributed by atoms with van der Waals surface area (Å²) in [5.74, 6) is 1.77. The molecule has 0 amide bonds. The summed E-state index contributed by atoms with van der Waals surface area (Å²) < 4.78 is 7.56. The number of aromatic nitrogens is 2. The van der Waals surface area contributed by atoms with Gasteiger partial charge in [-0.1, -0.05) is 66.2 Å². The molecule has 2 heterocycles. The number of rotatable bonds is 4. The van der Waals surface area contributed by atoms with E-state index in [4.69, 9.17) is 21.4 Å². The highest BCUT2D eigenvalue weighted by Gasteiger charge is 2.23. The molecule has 4 aromatic rings. The molecule has 5 rings (SSSR count). The highest BCUT2D eigenvalue weighted by Crippen LogP contribution is 2.37. The van der Waals surface area contributed by atoms with Gasteiger partial charge in [-0.15, -0.1) is 0 Å². The van der Waals surface area contributed by atoms with Crippen LogP contribution in [0.3, 0.4) is 0 Å². The largest absolute Gasteiger partial charge is 0.494 e. The third-order valence-corrected chi connectivity index (χ3v) is 6.00. The second kappa shape index (κ2) is 8.48. The molecule has 0 spiro atoms. The minimum absolute atomic E-state index is 0.655. The van der Waals surface area contributed by atoms with Crippen molar-refractivity contribution in [2.75, 3.05) is 19.0 Å². The third kappa shape index (κ3) is 3.79. The molecule has 0 saturated heterocycles. The number of anilines is 1. The van der Waals surface area contributed by atoms with Gasteiger partial charge >= 0.3 is 0 Å². The number of methoxy groups -OCH3 is 1. The third-order valence-electron chi connectivity index (χ3n) is 5.76. The molecule has 0 atom stereocenters. The minimum atomic E-state index is 0.655. The fourth-order valence-electron chi connectivity index (χ4n) is 4.19. The smallest absolute Gasteiger partial charge is 0.144 e. The molecule has 31 heavy (non-hydrogen) atoms. The zero-order valence-electron chi connectivity index (χ0n) is 17.4. The molecule has 0 aliphatic carbocycles. The molecule has 0 radical (unpaired) electrons. The Morgan fingerprint density at radius 2 is 1.65 bits per heavy atom. The zero-order valence-corrected chi connectivity index (χ0v) is 18.2. The molecule has 1 aliphatic heterocycles. The van der Waals surface area contributed by atoms with Crippen molar-refractivity contribution in [3.63, 3.8) is 0 Å².